The minimum Gasteiger partial charge on any atom is -0.496 e. The molecule has 24 nitrogen and oxygen atoms in total. The van der Waals surface area contributed by atoms with Gasteiger partial charge < -0.3 is 55.2 Å². The Kier molecular flexibility index (Phi) is 38.2. The number of aliphatic carboxylic acids is 1. The maximum Gasteiger partial charge on any atom is 0.416 e. The summed E-state index contributed by atoms with van der Waals surface area (Å²) < 4.78 is 195. The Balaban J connectivity index is 0.000000233. The molecule has 3 aromatic heterocycles. The van der Waals surface area contributed by atoms with E-state index in [-0.39, 0.29) is 88.7 Å². The monoisotopic (exact) mass is 1930 g/mol. The third kappa shape index (κ3) is 25.8. The fraction of sp³-hybridized carbons (Fsp3) is 0.322. The van der Waals surface area contributed by atoms with E-state index in [9.17, 15) is 86.2 Å². The van der Waals surface area contributed by atoms with Crippen LogP contribution in [0.3, 0.4) is 0 Å². The van der Waals surface area contributed by atoms with Gasteiger partial charge in [-0.2, -0.15) is 39.5 Å². The molecule has 0 amide bonds. The van der Waals surface area contributed by atoms with Crippen LogP contribution in [-0.2, 0) is 56.0 Å². The number of carboxylic acids is 1. The van der Waals surface area contributed by atoms with Gasteiger partial charge in [0.1, 0.15) is 55.1 Å². The Morgan fingerprint density at radius 1 is 0.414 bits per heavy atom. The highest BCUT2D eigenvalue weighted by Crippen LogP contribution is 2.40. The molecule has 0 saturated carbocycles. The van der Waals surface area contributed by atoms with E-state index < -0.39 is 135 Å². The number of aromatic amines is 1. The highest BCUT2D eigenvalue weighted by molar-refractivity contribution is 9.10. The van der Waals surface area contributed by atoms with Crippen molar-refractivity contribution in [3.05, 3.63) is 338 Å². The summed E-state index contributed by atoms with van der Waals surface area (Å²) in [6.45, 7) is 2.22. The molecule has 11 rings (SSSR count). The van der Waals surface area contributed by atoms with E-state index in [0.29, 0.717) is 40.5 Å². The zero-order chi connectivity index (χ0) is 94.8. The average molecular weight is 1930 g/mol. The molecule has 0 aliphatic carbocycles. The molecule has 4 atom stereocenters. The normalized spacial score (nSPS) is 12.3. The van der Waals surface area contributed by atoms with E-state index in [1.54, 1.807) is 97.1 Å². The second-order valence-corrected chi connectivity index (χ2v) is 29.9. The topological polar surface area (TPSA) is 295 Å². The Labute approximate surface area is 744 Å². The molecule has 128 heavy (non-hydrogen) atoms. The van der Waals surface area contributed by atoms with Crippen molar-refractivity contribution in [2.45, 2.75) is 122 Å². The average Bonchev–Trinajstić information content (AvgIpc) is 0.762. The van der Waals surface area contributed by atoms with Crippen LogP contribution in [0.25, 0.3) is 11.1 Å². The van der Waals surface area contributed by atoms with Gasteiger partial charge in [0.25, 0.3) is 16.7 Å². The summed E-state index contributed by atoms with van der Waals surface area (Å²) in [4.78, 5) is 89.5. The Bertz CT molecular complexity index is 5980. The molecule has 7 N–H and O–H groups in total. The van der Waals surface area contributed by atoms with Gasteiger partial charge in [0.05, 0.1) is 89.4 Å². The van der Waals surface area contributed by atoms with E-state index in [2.05, 4.69) is 53.1 Å². The van der Waals surface area contributed by atoms with Crippen LogP contribution in [0, 0.1) is 38.2 Å². The number of carbonyl (C=O) groups is 1. The molecule has 11 aromatic rings. The lowest BCUT2D eigenvalue weighted by atomic mass is 10.0. The summed E-state index contributed by atoms with van der Waals surface area (Å²) in [5.41, 5.74) is -5.67. The molecule has 3 heterocycles. The van der Waals surface area contributed by atoms with Crippen molar-refractivity contribution < 1.29 is 91.4 Å². The van der Waals surface area contributed by atoms with Gasteiger partial charge in [-0.3, -0.25) is 47.0 Å². The summed E-state index contributed by atoms with van der Waals surface area (Å²) in [6.07, 6.45) is -13.2. The Morgan fingerprint density at radius 3 is 1.13 bits per heavy atom. The molecule has 0 spiro atoms. The van der Waals surface area contributed by atoms with Crippen LogP contribution in [0.2, 0.25) is 0 Å². The number of hydrogen-bond donors (Lipinski definition) is 7. The molecule has 0 bridgehead atoms. The second-order valence-electron chi connectivity index (χ2n) is 28.3. The summed E-state index contributed by atoms with van der Waals surface area (Å²) in [6, 6.07) is 43.4. The first-order chi connectivity index (χ1) is 60.7. The van der Waals surface area contributed by atoms with Crippen LogP contribution in [-0.4, -0.2) is 114 Å². The number of carboxylic acid groups (broad SMARTS) is 1. The van der Waals surface area contributed by atoms with E-state index in [0.717, 1.165) is 99.9 Å². The van der Waals surface area contributed by atoms with Crippen molar-refractivity contribution in [1.82, 2.24) is 49.1 Å². The predicted octanol–water partition coefficient (Wildman–Crippen LogP) is 15.8. The number of hydrogen-bond acceptors (Lipinski definition) is 17. The Hall–Kier alpha value is -11.8. The van der Waals surface area contributed by atoms with Gasteiger partial charge in [-0.1, -0.05) is 109 Å². The van der Waals surface area contributed by atoms with Crippen molar-refractivity contribution >= 4 is 37.8 Å². The van der Waals surface area contributed by atoms with Crippen LogP contribution in [0.4, 0.5) is 52.7 Å². The molecule has 0 aliphatic rings. The van der Waals surface area contributed by atoms with Gasteiger partial charge in [0.15, 0.2) is 0 Å². The molecule has 0 radical (unpaired) electrons. The highest BCUT2D eigenvalue weighted by atomic mass is 79.9. The van der Waals surface area contributed by atoms with Gasteiger partial charge in [0.2, 0.25) is 0 Å². The number of H-pyrrole nitrogens is 1. The lowest BCUT2D eigenvalue weighted by Crippen LogP contribution is -2.43. The van der Waals surface area contributed by atoms with Gasteiger partial charge >= 0.3 is 41.6 Å². The van der Waals surface area contributed by atoms with E-state index in [1.807, 2.05) is 78.8 Å². The van der Waals surface area contributed by atoms with Crippen molar-refractivity contribution in [2.75, 3.05) is 70.3 Å². The van der Waals surface area contributed by atoms with E-state index >= 15 is 0 Å². The molecule has 0 saturated heterocycles. The number of alkyl halides is 9. The largest absolute Gasteiger partial charge is 0.496 e. The lowest BCUT2D eigenvalue weighted by molar-refractivity contribution is -0.139. The van der Waals surface area contributed by atoms with Gasteiger partial charge in [-0.05, 0) is 172 Å². The molecule has 38 heteroatoms. The third-order valence-electron chi connectivity index (χ3n) is 20.8. The zero-order valence-electron chi connectivity index (χ0n) is 71.4. The number of rotatable bonds is 30. The zero-order valence-corrected chi connectivity index (χ0v) is 74.6. The molecule has 0 aliphatic heterocycles. The van der Waals surface area contributed by atoms with Crippen molar-refractivity contribution in [3.63, 3.8) is 0 Å². The molecule has 8 aromatic carbocycles. The maximum atomic E-state index is 14.8. The number of benzene rings is 8. The molecule has 0 unspecified atom stereocenters. The summed E-state index contributed by atoms with van der Waals surface area (Å²) in [5, 5.41) is 30.1. The number of aliphatic hydroxyl groups is 1. The number of halogens is 14. The molecular weight excluding hydrogens is 1830 g/mol. The summed E-state index contributed by atoms with van der Waals surface area (Å²) in [7, 11) is 14.8. The number of para-hydroxylation sites is 3. The fourth-order valence-corrected chi connectivity index (χ4v) is 14.9. The van der Waals surface area contributed by atoms with Crippen LogP contribution in [0.15, 0.2) is 214 Å². The van der Waals surface area contributed by atoms with Crippen molar-refractivity contribution in [2.24, 2.45) is 0 Å². The molecule has 0 fully saturated rings. The first-order valence-corrected chi connectivity index (χ1v) is 40.8. The SMILES string of the molecule is CN[C@@H](CC(=O)O)c1ccccc1OC.CN[C@@H](CCO)c1ccccc1OC.CN[C@@H](CCn1c(=O)c(-c2ccccc2)c(C)n(Cc2c(F)cccc2C(F)(F)F)c1=O)c1ccccc1OC.CN[C@@H](CCn1c(=O)c(Br)c(C)n(Cc2c(F)cccc2C(F)(F)F)c1=O)c1c(OC)cccc1OC.Cc1c(Br)c(=O)[nH]c(=O)n1Cc1c(F)cccc1C(F)(F)F. The quantitative estimate of drug-likeness (QED) is 0.0206. The van der Waals surface area contributed by atoms with Gasteiger partial charge in [-0.15, -0.1) is 0 Å². The van der Waals surface area contributed by atoms with Crippen LogP contribution >= 0.6 is 31.9 Å². The van der Waals surface area contributed by atoms with Crippen molar-refractivity contribution in [3.8, 4) is 39.9 Å². The molecular formula is C90H96Br2F12N10O14. The van der Waals surface area contributed by atoms with E-state index in [1.165, 1.54) is 35.0 Å². The van der Waals surface area contributed by atoms with Crippen LogP contribution in [0.1, 0.15) is 123 Å². The first-order valence-electron chi connectivity index (χ1n) is 39.2. The van der Waals surface area contributed by atoms with Gasteiger partial charge in [0, 0.05) is 94.3 Å². The number of aliphatic hydroxyl groups excluding tert-OH is 1. The predicted molar refractivity (Wildman–Crippen MR) is 467 cm³/mol. The number of nitrogens with zero attached hydrogens (tertiary/aromatic N) is 5. The van der Waals surface area contributed by atoms with E-state index in [4.69, 9.17) is 33.9 Å². The van der Waals surface area contributed by atoms with Crippen molar-refractivity contribution in [1.29, 1.82) is 0 Å². The second kappa shape index (κ2) is 47.3. The number of methoxy groups -OCH3 is 5. The smallest absolute Gasteiger partial charge is 0.416 e. The van der Waals surface area contributed by atoms with Gasteiger partial charge in [-0.25, -0.2) is 27.6 Å². The summed E-state index contributed by atoms with van der Waals surface area (Å²) in [5.74, 6) is -0.845. The minimum absolute atomic E-state index is 0.00278. The highest BCUT2D eigenvalue weighted by Gasteiger charge is 2.38. The maximum absolute atomic E-state index is 14.8. The standard InChI is InChI=1S/C30H29F4N3O3.C25H26BrF4N3O4.C13H9BrF4N2O2.C11H15NO3.C11H17NO2/c1-19-27(20-10-5-4-6-11-20)28(38)36(17-16-25(35-2)21-12-7-8-15-26(21)40-3)29(39)37(19)18-22-23(30(32,33)34)13-9-14-24(22)31;1-14-22(26)23(34)32(12-11-18(31-2)21-19(36-3)9-6-10-20(21)37-4)24(35)33(14)13-15-16(25(28,29)30)7-5-8-17(15)27;1-6-10(14)11(21)19-12(22)20(6)5-7-8(13(16,17)18)3-2-4-9(7)15;1-12-9(7-11(13)14)8-5-3-4-6-10(8)15-2;1-12-10(7-8-13)9-5-3-4-6-11(9)14-2/h4-15,25,35H,16-18H2,1-3H3;5-10,18,31H,11-13H2,1-4H3;2-4H,5H2,1H3,(H,19,21,22);3-6,9,12H,7H2,1-2H3,(H,13,14);3-6,10,12-13H,7-8H2,1-2H3/t25-;18-;;9-;10-/m00.00/s1. The third-order valence-corrected chi connectivity index (χ3v) is 22.7. The number of nitrogens with one attached hydrogen (secondary N) is 5. The Morgan fingerprint density at radius 2 is 0.750 bits per heavy atom. The lowest BCUT2D eigenvalue weighted by Gasteiger charge is -2.23. The number of aromatic nitrogens is 6. The van der Waals surface area contributed by atoms with Crippen LogP contribution in [0.5, 0.6) is 28.7 Å². The molecule has 688 valence electrons. The summed E-state index contributed by atoms with van der Waals surface area (Å²) >= 11 is 6.09. The first kappa shape index (κ1) is 103. The fourth-order valence-electron chi connectivity index (χ4n) is 14.2. The van der Waals surface area contributed by atoms with Crippen LogP contribution < -0.4 is 78.7 Å². The number of ether oxygens (including phenoxy) is 5. The minimum atomic E-state index is -4.83.